The molecule has 0 unspecified atom stereocenters. The third-order valence-electron chi connectivity index (χ3n) is 5.02. The van der Waals surface area contributed by atoms with Crippen LogP contribution in [-0.4, -0.2) is 50.7 Å². The number of nitrogens with one attached hydrogen (secondary N) is 1. The monoisotopic (exact) mass is 602 g/mol. The Morgan fingerprint density at radius 3 is 2.20 bits per heavy atom. The van der Waals surface area contributed by atoms with Crippen LogP contribution in [0, 0.1) is 6.92 Å². The third-order valence-corrected chi connectivity index (χ3v) is 6.32. The number of carbonyl (C=O) groups excluding carboxylic acids is 2. The number of hydrazine groups is 1. The Hall–Kier alpha value is -3.50. The van der Waals surface area contributed by atoms with Gasteiger partial charge in [0.2, 0.25) is 0 Å². The first-order valence-corrected chi connectivity index (χ1v) is 12.5. The highest BCUT2D eigenvalue weighted by molar-refractivity contribution is 7.18. The highest BCUT2D eigenvalue weighted by Crippen LogP contribution is 2.30. The number of aromatic nitrogens is 2. The molecule has 10 nitrogen and oxygen atoms in total. The Morgan fingerprint density at radius 2 is 1.68 bits per heavy atom. The zero-order valence-corrected chi connectivity index (χ0v) is 23.0. The maximum Gasteiger partial charge on any atom is 0.426 e. The summed E-state index contributed by atoms with van der Waals surface area (Å²) in [7, 11) is 0. The van der Waals surface area contributed by atoms with E-state index in [0.717, 1.165) is 17.3 Å². The standard InChI is InChI=1S/C23H28F6N4O6S/c1-6-38-10-7-15(34)33(30-19(36)39-21(3,4)5)11-14-13(2)16-17(35)32(12-23(27,28)29)20(37)31(18(16)40-14)9-8-22(24,25)26/h7,10H,6,8-9,11-12H2,1-5H3,(H,30,36). The molecule has 0 aliphatic carbocycles. The minimum absolute atomic E-state index is 0.0132. The van der Waals surface area contributed by atoms with Gasteiger partial charge in [0.15, 0.2) is 0 Å². The molecule has 1 N–H and O–H groups in total. The van der Waals surface area contributed by atoms with Crippen molar-refractivity contribution in [2.45, 2.75) is 78.6 Å². The van der Waals surface area contributed by atoms with Gasteiger partial charge in [-0.25, -0.2) is 20.0 Å². The Kier molecular flexibility index (Phi) is 10.1. The number of rotatable bonds is 8. The fourth-order valence-corrected chi connectivity index (χ4v) is 4.67. The predicted molar refractivity (Wildman–Crippen MR) is 132 cm³/mol. The second-order valence-electron chi connectivity index (χ2n) is 9.43. The van der Waals surface area contributed by atoms with Crippen molar-refractivity contribution in [3.8, 4) is 0 Å². The molecule has 17 heteroatoms. The first-order chi connectivity index (χ1) is 18.2. The van der Waals surface area contributed by atoms with E-state index in [1.54, 1.807) is 27.7 Å². The fourth-order valence-electron chi connectivity index (χ4n) is 3.37. The van der Waals surface area contributed by atoms with Gasteiger partial charge < -0.3 is 9.47 Å². The number of ether oxygens (including phenoxy) is 2. The predicted octanol–water partition coefficient (Wildman–Crippen LogP) is 4.37. The van der Waals surface area contributed by atoms with Crippen LogP contribution in [0.3, 0.4) is 0 Å². The van der Waals surface area contributed by atoms with E-state index in [0.29, 0.717) is 15.9 Å². The summed E-state index contributed by atoms with van der Waals surface area (Å²) >= 11 is 0.630. The number of carbonyl (C=O) groups is 2. The van der Waals surface area contributed by atoms with E-state index in [2.05, 4.69) is 5.43 Å². The van der Waals surface area contributed by atoms with Crippen molar-refractivity contribution in [3.05, 3.63) is 43.6 Å². The summed E-state index contributed by atoms with van der Waals surface area (Å²) < 4.78 is 88.7. The number of hydrogen-bond donors (Lipinski definition) is 1. The largest absolute Gasteiger partial charge is 0.501 e. The van der Waals surface area contributed by atoms with Gasteiger partial charge in [0.05, 0.1) is 31.2 Å². The van der Waals surface area contributed by atoms with Crippen molar-refractivity contribution in [1.29, 1.82) is 0 Å². The number of alkyl halides is 6. The minimum Gasteiger partial charge on any atom is -0.501 e. The molecule has 40 heavy (non-hydrogen) atoms. The molecule has 2 aromatic rings. The van der Waals surface area contributed by atoms with Crippen molar-refractivity contribution in [3.63, 3.8) is 0 Å². The molecule has 0 spiro atoms. The molecule has 0 aliphatic rings. The quantitative estimate of drug-likeness (QED) is 0.208. The van der Waals surface area contributed by atoms with Gasteiger partial charge >= 0.3 is 24.1 Å². The topological polar surface area (TPSA) is 112 Å². The average molecular weight is 603 g/mol. The summed E-state index contributed by atoms with van der Waals surface area (Å²) in [6.45, 7) is 4.33. The smallest absolute Gasteiger partial charge is 0.426 e. The van der Waals surface area contributed by atoms with E-state index >= 15 is 0 Å². The lowest BCUT2D eigenvalue weighted by Crippen LogP contribution is -2.47. The van der Waals surface area contributed by atoms with Crippen LogP contribution < -0.4 is 16.7 Å². The number of hydrogen-bond acceptors (Lipinski definition) is 7. The van der Waals surface area contributed by atoms with Crippen LogP contribution >= 0.6 is 11.3 Å². The Bertz CT molecular complexity index is 1380. The van der Waals surface area contributed by atoms with Crippen LogP contribution in [0.4, 0.5) is 31.1 Å². The first kappa shape index (κ1) is 32.7. The zero-order chi connectivity index (χ0) is 30.6. The van der Waals surface area contributed by atoms with Crippen molar-refractivity contribution < 1.29 is 45.4 Å². The van der Waals surface area contributed by atoms with Gasteiger partial charge in [-0.2, -0.15) is 26.3 Å². The Balaban J connectivity index is 2.68. The lowest BCUT2D eigenvalue weighted by molar-refractivity contribution is -0.143. The van der Waals surface area contributed by atoms with Crippen LogP contribution in [0.15, 0.2) is 21.9 Å². The molecule has 0 aromatic carbocycles. The molecule has 0 saturated carbocycles. The van der Waals surface area contributed by atoms with E-state index in [-0.39, 0.29) is 26.4 Å². The molecule has 0 fully saturated rings. The molecule has 2 heterocycles. The van der Waals surface area contributed by atoms with E-state index in [1.165, 1.54) is 6.92 Å². The highest BCUT2D eigenvalue weighted by Gasteiger charge is 2.33. The summed E-state index contributed by atoms with van der Waals surface area (Å²) in [6.07, 6.45) is -10.4. The molecule has 0 radical (unpaired) electrons. The first-order valence-electron chi connectivity index (χ1n) is 11.7. The van der Waals surface area contributed by atoms with E-state index in [1.807, 2.05) is 0 Å². The molecular weight excluding hydrogens is 574 g/mol. The van der Waals surface area contributed by atoms with Gasteiger partial charge in [-0.1, -0.05) is 0 Å². The van der Waals surface area contributed by atoms with Crippen LogP contribution in [0.5, 0.6) is 0 Å². The van der Waals surface area contributed by atoms with Crippen LogP contribution in [0.1, 0.15) is 44.6 Å². The van der Waals surface area contributed by atoms with Gasteiger partial charge in [0.25, 0.3) is 11.5 Å². The average Bonchev–Trinajstić information content (AvgIpc) is 3.09. The van der Waals surface area contributed by atoms with Crippen LogP contribution in [0.2, 0.25) is 0 Å². The number of amides is 2. The Labute approximate surface area is 227 Å². The van der Waals surface area contributed by atoms with E-state index in [4.69, 9.17) is 9.47 Å². The molecular formula is C23H28F6N4O6S. The van der Waals surface area contributed by atoms with Crippen molar-refractivity contribution >= 4 is 33.6 Å². The maximum atomic E-state index is 13.1. The molecule has 0 atom stereocenters. The third kappa shape index (κ3) is 9.02. The van der Waals surface area contributed by atoms with Gasteiger partial charge in [-0.05, 0) is 40.2 Å². The fraction of sp³-hybridized carbons (Fsp3) is 0.565. The SMILES string of the molecule is CCOC=CC(=O)N(Cc1sc2c(c1C)c(=O)n(CC(F)(F)F)c(=O)n2CCC(F)(F)F)NC(=O)OC(C)(C)C. The minimum atomic E-state index is -5.02. The number of aryl methyl sites for hydroxylation is 2. The zero-order valence-electron chi connectivity index (χ0n) is 22.2. The number of fused-ring (bicyclic) bond motifs is 1. The molecule has 2 aromatic heterocycles. The molecule has 0 bridgehead atoms. The number of nitrogens with zero attached hydrogens (tertiary/aromatic N) is 3. The second-order valence-corrected chi connectivity index (χ2v) is 10.5. The van der Waals surface area contributed by atoms with Crippen LogP contribution in [-0.2, 0) is 33.9 Å². The summed E-state index contributed by atoms with van der Waals surface area (Å²) in [5.74, 6) is -0.833. The van der Waals surface area contributed by atoms with Gasteiger partial charge in [0.1, 0.15) is 17.0 Å². The van der Waals surface area contributed by atoms with E-state index < -0.39 is 72.6 Å². The van der Waals surface area contributed by atoms with Gasteiger partial charge in [-0.15, -0.1) is 11.3 Å². The second kappa shape index (κ2) is 12.3. The molecule has 0 aliphatic heterocycles. The molecule has 0 saturated heterocycles. The normalized spacial score (nSPS) is 12.7. The Morgan fingerprint density at radius 1 is 1.05 bits per heavy atom. The highest BCUT2D eigenvalue weighted by atomic mass is 32.1. The molecule has 2 rings (SSSR count). The summed E-state index contributed by atoms with van der Waals surface area (Å²) in [6, 6.07) is 0. The van der Waals surface area contributed by atoms with Crippen LogP contribution in [0.25, 0.3) is 10.2 Å². The van der Waals surface area contributed by atoms with Gasteiger partial charge in [-0.3, -0.25) is 18.7 Å². The summed E-state index contributed by atoms with van der Waals surface area (Å²) in [5.41, 5.74) is -1.63. The maximum absolute atomic E-state index is 13.1. The van der Waals surface area contributed by atoms with Crippen molar-refractivity contribution in [2.24, 2.45) is 0 Å². The van der Waals surface area contributed by atoms with Crippen molar-refractivity contribution in [2.75, 3.05) is 6.61 Å². The summed E-state index contributed by atoms with van der Waals surface area (Å²) in [4.78, 5) is 50.7. The summed E-state index contributed by atoms with van der Waals surface area (Å²) in [5, 5.41) is 0.341. The molecule has 224 valence electrons. The van der Waals surface area contributed by atoms with Gasteiger partial charge in [0, 0.05) is 17.5 Å². The lowest BCUT2D eigenvalue weighted by atomic mass is 10.2. The lowest BCUT2D eigenvalue weighted by Gasteiger charge is -2.25. The number of halogens is 6. The number of thiophene rings is 1. The van der Waals surface area contributed by atoms with Crippen molar-refractivity contribution in [1.82, 2.24) is 19.6 Å². The van der Waals surface area contributed by atoms with E-state index in [9.17, 15) is 45.5 Å². The molecule has 2 amide bonds.